The van der Waals surface area contributed by atoms with Gasteiger partial charge in [-0.25, -0.2) is 71.2 Å². The van der Waals surface area contributed by atoms with Crippen LogP contribution >= 0.6 is 23.2 Å². The Bertz CT molecular complexity index is 5290. The summed E-state index contributed by atoms with van der Waals surface area (Å²) in [7, 11) is -0.999. The van der Waals surface area contributed by atoms with Crippen LogP contribution in [0.5, 0.6) is 34.5 Å². The van der Waals surface area contributed by atoms with Gasteiger partial charge in [-0.1, -0.05) is 42.9 Å². The molecule has 4 fully saturated rings. The highest BCUT2D eigenvalue weighted by atomic mass is 35.5. The molecular weight excluding hydrogens is 1490 g/mol. The molecule has 30 nitrogen and oxygen atoms in total. The van der Waals surface area contributed by atoms with Crippen LogP contribution in [0.2, 0.25) is 10.0 Å². The van der Waals surface area contributed by atoms with Crippen LogP contribution in [0, 0.1) is 23.3 Å². The minimum atomic E-state index is -2.99. The summed E-state index contributed by atoms with van der Waals surface area (Å²) in [4.78, 5) is 76.0. The summed E-state index contributed by atoms with van der Waals surface area (Å²) in [6, 6.07) is 5.13. The van der Waals surface area contributed by atoms with E-state index in [1.807, 2.05) is 6.92 Å². The number of aromatic nitrogens is 9. The maximum Gasteiger partial charge on any atom is 0.282 e. The second kappa shape index (κ2) is 34.7. The summed E-state index contributed by atoms with van der Waals surface area (Å²) >= 11 is 13.0. The summed E-state index contributed by atoms with van der Waals surface area (Å²) in [5, 5.41) is 23.3. The van der Waals surface area contributed by atoms with E-state index in [2.05, 4.69) is 107 Å². The van der Waals surface area contributed by atoms with E-state index in [1.165, 1.54) is 76.2 Å². The molecule has 6 aromatic heterocycles. The van der Waals surface area contributed by atoms with Gasteiger partial charge in [-0.05, 0) is 43.4 Å². The zero-order chi connectivity index (χ0) is 86.3. The Balaban J connectivity index is 0.000000176. The van der Waals surface area contributed by atoms with Crippen LogP contribution in [0.3, 0.4) is 0 Å². The lowest BCUT2D eigenvalue weighted by Gasteiger charge is -2.39. The highest BCUT2D eigenvalue weighted by molar-refractivity contribution is 6.41. The lowest BCUT2D eigenvalue weighted by Crippen LogP contribution is -2.56. The largest absolute Gasteiger partial charge is 0.495 e. The number of nitrogens with one attached hydrogen (secondary N) is 8. The van der Waals surface area contributed by atoms with Crippen LogP contribution in [-0.2, 0) is 28.6 Å². The number of anilines is 6. The van der Waals surface area contributed by atoms with Crippen LogP contribution in [0.25, 0.3) is 66.5 Å². The lowest BCUT2D eigenvalue weighted by atomic mass is 10.1. The molecule has 8 N–H and O–H groups in total. The van der Waals surface area contributed by atoms with E-state index in [-0.39, 0.29) is 158 Å². The first kappa shape index (κ1) is 67.7. The molecule has 10 heterocycles. The molecule has 0 bridgehead atoms. The molecule has 9 aromatic rings. The lowest BCUT2D eigenvalue weighted by molar-refractivity contribution is -0.118. The van der Waals surface area contributed by atoms with Crippen molar-refractivity contribution < 1.29 is 95.7 Å². The van der Waals surface area contributed by atoms with Crippen molar-refractivity contribution in [3.63, 3.8) is 0 Å². The van der Waals surface area contributed by atoms with Gasteiger partial charge in [0, 0.05) is 76.1 Å². The molecular formula is C72H74Cl2F6N18O12. The maximum atomic E-state index is 15.2. The van der Waals surface area contributed by atoms with Crippen molar-refractivity contribution in [3.05, 3.63) is 126 Å². The van der Waals surface area contributed by atoms with E-state index in [9.17, 15) is 23.2 Å². The SMILES string of the molecule is C=CC(=O)N[C@H]1COC[C@H]1Nc1ncc2cc(-c3c(F)c(OC)cc(OC)c3F)nc(N3CC(F)(F)C3)c2n1.C=CC(=O)N[C@H]1COC[C@H]1Nc1ncc2cc(-c3c(F)c(OC)cc(OC)c3F)nc(NCC)c2n1.[2H]C([2H])([2H])Nc1nc(-c2c(Cl)c(OC([2H])([2H])[2H])cc(OC([2H])([2H])[2H])c2Cl)cc2cnc(N[C@@H]3COC[C@@H]3NC(=O)C=C)nc12. The first-order valence-electron chi connectivity index (χ1n) is 37.5. The average Bonchev–Trinajstić information content (AvgIpc) is 1.48. The monoisotopic (exact) mass is 1580 g/mol. The molecule has 4 aliphatic heterocycles. The number of carbonyl (C=O) groups is 3. The van der Waals surface area contributed by atoms with Crippen LogP contribution in [0.1, 0.15) is 19.3 Å². The average molecular weight is 1580 g/mol. The number of fused-ring (bicyclic) bond motifs is 3. The van der Waals surface area contributed by atoms with E-state index in [1.54, 1.807) is 0 Å². The van der Waals surface area contributed by atoms with Crippen LogP contribution < -0.4 is 75.9 Å². The fraction of sp³-hybridized carbons (Fsp3) is 0.333. The molecule has 0 spiro atoms. The molecule has 4 aliphatic rings. The molecule has 3 amide bonds. The number of benzene rings is 3. The highest BCUT2D eigenvalue weighted by Gasteiger charge is 2.46. The number of hydrogen-bond acceptors (Lipinski definition) is 27. The first-order chi connectivity index (χ1) is 56.4. The summed E-state index contributed by atoms with van der Waals surface area (Å²) in [5.41, 5.74) is -0.748. The summed E-state index contributed by atoms with van der Waals surface area (Å²) in [6.07, 6.45) is 7.72. The fourth-order valence-electron chi connectivity index (χ4n) is 11.9. The third-order valence-corrected chi connectivity index (χ3v) is 18.0. The zero-order valence-corrected chi connectivity index (χ0v) is 60.3. The van der Waals surface area contributed by atoms with Crippen LogP contribution in [0.15, 0.2) is 93.0 Å². The number of ether oxygens (including phenoxy) is 9. The molecule has 0 radical (unpaired) electrons. The second-order valence-electron chi connectivity index (χ2n) is 24.3. The Morgan fingerprint density at radius 1 is 0.518 bits per heavy atom. The molecule has 13 rings (SSSR count). The Morgan fingerprint density at radius 2 is 0.873 bits per heavy atom. The van der Waals surface area contributed by atoms with Gasteiger partial charge in [0.15, 0.2) is 63.7 Å². The van der Waals surface area contributed by atoms with E-state index in [0.29, 0.717) is 41.9 Å². The number of hydrogen-bond donors (Lipinski definition) is 8. The second-order valence-corrected chi connectivity index (χ2v) is 25.0. The van der Waals surface area contributed by atoms with Gasteiger partial charge in [0.25, 0.3) is 5.92 Å². The van der Waals surface area contributed by atoms with Crippen molar-refractivity contribution in [3.8, 4) is 68.3 Å². The first-order valence-corrected chi connectivity index (χ1v) is 33.7. The molecule has 6 atom stereocenters. The van der Waals surface area contributed by atoms with Crippen molar-refractivity contribution >= 4 is 109 Å². The molecule has 0 aliphatic carbocycles. The highest BCUT2D eigenvalue weighted by Crippen LogP contribution is 2.47. The van der Waals surface area contributed by atoms with Crippen molar-refractivity contribution in [1.29, 1.82) is 0 Å². The van der Waals surface area contributed by atoms with Crippen LogP contribution in [-0.4, -0.2) is 214 Å². The Labute approximate surface area is 647 Å². The predicted molar refractivity (Wildman–Crippen MR) is 399 cm³/mol. The van der Waals surface area contributed by atoms with Gasteiger partial charge < -0.3 is 90.1 Å². The number of pyridine rings is 3. The van der Waals surface area contributed by atoms with Gasteiger partial charge in [-0.15, -0.1) is 0 Å². The van der Waals surface area contributed by atoms with Crippen molar-refractivity contribution in [1.82, 2.24) is 60.8 Å². The smallest absolute Gasteiger partial charge is 0.282 e. The third kappa shape index (κ3) is 17.1. The van der Waals surface area contributed by atoms with Gasteiger partial charge >= 0.3 is 0 Å². The van der Waals surface area contributed by atoms with Gasteiger partial charge in [-0.2, -0.15) is 0 Å². The number of rotatable bonds is 25. The normalized spacial score (nSPS) is 19.6. The number of carbonyl (C=O) groups excluding carboxylic acids is 3. The zero-order valence-electron chi connectivity index (χ0n) is 67.8. The van der Waals surface area contributed by atoms with E-state index >= 15 is 17.6 Å². The van der Waals surface area contributed by atoms with E-state index < -0.39 is 110 Å². The standard InChI is InChI=1S/C25H24F4N6O4.C24H26F2N6O4.C23H24Cl2N6O4/c1-4-18(36)31-14-8-39-9-15(14)33-24-30-7-12-5-13(19-20(26)16(37-2)6-17(38-3)21(19)27)32-23(22(12)34-24)35-10-25(28,29)11-35;1-5-18(33)29-14-10-36-11-15(14)31-24-28-9-12-7-13(30-23(27-6-2)22(12)32-24)19-20(25)16(34-3)8-17(35-4)21(19)26;1-5-17(32)28-13-9-35-10-14(13)30-23-27-8-11-6-12(29-22(26-2)21(11)31-23)18-19(24)15(33-3)7-16(34-4)20(18)25/h4-7,14-15H,1,8-11H2,2-3H3,(H,31,36)(H,30,33,34);5,7-9,14-15H,1,6,10-11H2,2-4H3,(H,27,30)(H,29,33)(H,28,31,32);5-8,13-14H,1,9-10H2,2-4H3,(H,26,29)(H,28,32)(H,27,30,31)/t2*14-,15+;13-,14+/m000/s1/i;;2D3,3D3,4D3. The molecule has 0 unspecified atom stereocenters. The number of amides is 3. The van der Waals surface area contributed by atoms with Gasteiger partial charge in [-0.3, -0.25) is 14.4 Å². The van der Waals surface area contributed by atoms with E-state index in [4.69, 9.17) is 78.2 Å². The summed E-state index contributed by atoms with van der Waals surface area (Å²) in [5.74, 6) is -9.30. The fourth-order valence-corrected chi connectivity index (χ4v) is 12.5. The van der Waals surface area contributed by atoms with Crippen molar-refractivity contribution in [2.24, 2.45) is 0 Å². The van der Waals surface area contributed by atoms with Crippen molar-refractivity contribution in [2.75, 3.05) is 140 Å². The summed E-state index contributed by atoms with van der Waals surface area (Å²) in [6.45, 7) is 10.2. The molecule has 0 saturated carbocycles. The van der Waals surface area contributed by atoms with Gasteiger partial charge in [0.2, 0.25) is 35.6 Å². The molecule has 4 saturated heterocycles. The van der Waals surface area contributed by atoms with Gasteiger partial charge in [0.05, 0.1) is 178 Å². The number of methoxy groups -OCH3 is 6. The number of nitrogens with zero attached hydrogens (tertiary/aromatic N) is 10. The van der Waals surface area contributed by atoms with E-state index in [0.717, 1.165) is 30.4 Å². The summed E-state index contributed by atoms with van der Waals surface area (Å²) < 4.78 is 203. The van der Waals surface area contributed by atoms with Crippen molar-refractivity contribution in [2.45, 2.75) is 49.1 Å². The quantitative estimate of drug-likeness (QED) is 0.0195. The molecule has 580 valence electrons. The Hall–Kier alpha value is -11.6. The third-order valence-electron chi connectivity index (χ3n) is 17.3. The minimum Gasteiger partial charge on any atom is -0.495 e. The maximum absolute atomic E-state index is 15.2. The molecule has 110 heavy (non-hydrogen) atoms. The minimum absolute atomic E-state index is 0.00126. The Morgan fingerprint density at radius 3 is 1.25 bits per heavy atom. The number of halogens is 8. The predicted octanol–water partition coefficient (Wildman–Crippen LogP) is 9.36. The topological polar surface area (TPSA) is 350 Å². The Kier molecular flexibility index (Phi) is 21.4. The van der Waals surface area contributed by atoms with Gasteiger partial charge in [0.1, 0.15) is 28.0 Å². The number of alkyl halides is 2. The van der Waals surface area contributed by atoms with Crippen LogP contribution in [0.4, 0.5) is 61.6 Å². The molecule has 3 aromatic carbocycles. The molecule has 38 heteroatoms.